The molecule has 13 atom stereocenters. The van der Waals surface area contributed by atoms with Crippen LogP contribution in [0.15, 0.2) is 39.8 Å². The minimum absolute atomic E-state index is 0.112. The van der Waals surface area contributed by atoms with Crippen LogP contribution in [-0.4, -0.2) is 96.0 Å². The number of hydrogen-bond acceptors (Lipinski definition) is 11. The van der Waals surface area contributed by atoms with Crippen LogP contribution in [0.4, 0.5) is 0 Å². The topological polar surface area (TPSA) is 190 Å². The van der Waals surface area contributed by atoms with E-state index >= 15 is 0 Å². The average Bonchev–Trinajstić information content (AvgIpc) is 3.14. The number of aliphatic hydroxyl groups is 7. The summed E-state index contributed by atoms with van der Waals surface area (Å²) in [6, 6.07) is 2.96. The summed E-state index contributed by atoms with van der Waals surface area (Å²) in [5.41, 5.74) is -4.66. The van der Waals surface area contributed by atoms with E-state index < -0.39 is 83.1 Å². The molecule has 0 spiro atoms. The van der Waals surface area contributed by atoms with Crippen molar-refractivity contribution in [3.05, 3.63) is 46.5 Å². The van der Waals surface area contributed by atoms with E-state index in [0.29, 0.717) is 37.7 Å². The molecular formula is C29H40O11. The van der Waals surface area contributed by atoms with E-state index in [1.54, 1.807) is 12.1 Å². The fourth-order valence-corrected chi connectivity index (χ4v) is 9.12. The Morgan fingerprint density at radius 2 is 1.70 bits per heavy atom. The fraction of sp³-hybridized carbons (Fsp3) is 0.759. The van der Waals surface area contributed by atoms with Gasteiger partial charge in [-0.2, -0.15) is 0 Å². The van der Waals surface area contributed by atoms with Crippen molar-refractivity contribution in [2.75, 3.05) is 6.61 Å². The van der Waals surface area contributed by atoms with E-state index in [1.165, 1.54) is 12.3 Å². The second-order valence-corrected chi connectivity index (χ2v) is 12.8. The minimum Gasteiger partial charge on any atom is -0.431 e. The average molecular weight is 565 g/mol. The van der Waals surface area contributed by atoms with E-state index in [4.69, 9.17) is 13.9 Å². The van der Waals surface area contributed by atoms with Gasteiger partial charge in [0.2, 0.25) is 0 Å². The quantitative estimate of drug-likeness (QED) is 0.187. The van der Waals surface area contributed by atoms with Gasteiger partial charge in [0, 0.05) is 23.8 Å². The van der Waals surface area contributed by atoms with Gasteiger partial charge in [0.15, 0.2) is 6.29 Å². The van der Waals surface area contributed by atoms with Crippen LogP contribution in [0.3, 0.4) is 0 Å². The van der Waals surface area contributed by atoms with Gasteiger partial charge in [-0.05, 0) is 62.0 Å². The van der Waals surface area contributed by atoms with E-state index in [0.717, 1.165) is 0 Å². The van der Waals surface area contributed by atoms with E-state index in [-0.39, 0.29) is 18.8 Å². The number of aliphatic hydroxyl groups excluding tert-OH is 5. The summed E-state index contributed by atoms with van der Waals surface area (Å²) in [6.07, 6.45) is -0.369. The van der Waals surface area contributed by atoms with E-state index in [9.17, 15) is 40.5 Å². The SMILES string of the molecule is C[C@]12CC[C@@H]3[C@H](CC[C@]4(O[C@@H]5O[C@H](CO)[C@@H](O)[C@H](O)[C@H]5O)C=CCC[C@]34O)[C@@]1(O)C[C@H](O)[C@@H]2c1ccc(=O)oc1. The normalized spacial score (nSPS) is 52.0. The second-order valence-electron chi connectivity index (χ2n) is 12.8. The first-order valence-electron chi connectivity index (χ1n) is 14.3. The van der Waals surface area contributed by atoms with Gasteiger partial charge in [-0.25, -0.2) is 4.79 Å². The first kappa shape index (κ1) is 28.4. The van der Waals surface area contributed by atoms with Crippen LogP contribution in [0.1, 0.15) is 63.4 Å². The lowest BCUT2D eigenvalue weighted by atomic mass is 9.46. The number of fused-ring (bicyclic) bond motifs is 5. The van der Waals surface area contributed by atoms with Crippen LogP contribution in [0.5, 0.6) is 0 Å². The molecule has 0 unspecified atom stereocenters. The molecule has 40 heavy (non-hydrogen) atoms. The summed E-state index contributed by atoms with van der Waals surface area (Å²) in [6.45, 7) is 1.37. The summed E-state index contributed by atoms with van der Waals surface area (Å²) >= 11 is 0. The molecule has 5 aliphatic rings. The maximum Gasteiger partial charge on any atom is 0.335 e. The Bertz CT molecular complexity index is 1180. The highest BCUT2D eigenvalue weighted by atomic mass is 16.7. The predicted molar refractivity (Wildman–Crippen MR) is 138 cm³/mol. The molecule has 3 saturated carbocycles. The van der Waals surface area contributed by atoms with Crippen LogP contribution in [0.2, 0.25) is 0 Å². The molecule has 4 aliphatic carbocycles. The Kier molecular flexibility index (Phi) is 6.89. The molecule has 1 aromatic rings. The molecule has 1 aromatic heterocycles. The molecule has 1 saturated heterocycles. The third-order valence-electron chi connectivity index (χ3n) is 11.2. The van der Waals surface area contributed by atoms with Gasteiger partial charge >= 0.3 is 5.63 Å². The largest absolute Gasteiger partial charge is 0.431 e. The van der Waals surface area contributed by atoms with Crippen LogP contribution in [-0.2, 0) is 9.47 Å². The Balaban J connectivity index is 1.33. The van der Waals surface area contributed by atoms with Crippen molar-refractivity contribution in [3.8, 4) is 0 Å². The summed E-state index contributed by atoms with van der Waals surface area (Å²) in [7, 11) is 0. The van der Waals surface area contributed by atoms with Gasteiger partial charge in [0.05, 0.1) is 24.6 Å². The minimum atomic E-state index is -1.61. The molecule has 4 fully saturated rings. The zero-order valence-electron chi connectivity index (χ0n) is 22.5. The Labute approximate surface area is 231 Å². The zero-order chi connectivity index (χ0) is 28.7. The Morgan fingerprint density at radius 1 is 0.975 bits per heavy atom. The summed E-state index contributed by atoms with van der Waals surface area (Å²) in [4.78, 5) is 11.6. The van der Waals surface area contributed by atoms with Crippen LogP contribution in [0.25, 0.3) is 0 Å². The molecule has 0 bridgehead atoms. The number of allylic oxidation sites excluding steroid dienone is 1. The van der Waals surface area contributed by atoms with Crippen LogP contribution >= 0.6 is 0 Å². The molecular weight excluding hydrogens is 524 g/mol. The van der Waals surface area contributed by atoms with Crippen LogP contribution < -0.4 is 5.63 Å². The van der Waals surface area contributed by atoms with Gasteiger partial charge < -0.3 is 49.6 Å². The highest BCUT2D eigenvalue weighted by Crippen LogP contribution is 2.69. The molecule has 0 radical (unpaired) electrons. The fourth-order valence-electron chi connectivity index (χ4n) is 9.12. The molecule has 11 nitrogen and oxygen atoms in total. The lowest BCUT2D eigenvalue weighted by Crippen LogP contribution is -2.72. The predicted octanol–water partition coefficient (Wildman–Crippen LogP) is -0.318. The summed E-state index contributed by atoms with van der Waals surface area (Å²) < 4.78 is 17.1. The Morgan fingerprint density at radius 3 is 2.40 bits per heavy atom. The van der Waals surface area contributed by atoms with Gasteiger partial charge in [0.25, 0.3) is 0 Å². The highest BCUT2D eigenvalue weighted by molar-refractivity contribution is 5.32. The lowest BCUT2D eigenvalue weighted by Gasteiger charge is -2.64. The van der Waals surface area contributed by atoms with Crippen LogP contribution in [0, 0.1) is 17.3 Å². The molecule has 6 rings (SSSR count). The third-order valence-corrected chi connectivity index (χ3v) is 11.2. The molecule has 7 N–H and O–H groups in total. The van der Waals surface area contributed by atoms with Gasteiger partial charge in [0.1, 0.15) is 35.6 Å². The maximum absolute atomic E-state index is 12.5. The maximum atomic E-state index is 12.5. The Hall–Kier alpha value is -1.67. The molecule has 222 valence electrons. The van der Waals surface area contributed by atoms with Gasteiger partial charge in [-0.15, -0.1) is 0 Å². The summed E-state index contributed by atoms with van der Waals surface area (Å²) in [5, 5.41) is 77.1. The molecule has 0 amide bonds. The second kappa shape index (κ2) is 9.68. The number of ether oxygens (including phenoxy) is 2. The van der Waals surface area contributed by atoms with E-state index in [1.807, 2.05) is 13.0 Å². The zero-order valence-corrected chi connectivity index (χ0v) is 22.5. The third kappa shape index (κ3) is 3.79. The molecule has 11 heteroatoms. The van der Waals surface area contributed by atoms with E-state index in [2.05, 4.69) is 0 Å². The van der Waals surface area contributed by atoms with Crippen molar-refractivity contribution >= 4 is 0 Å². The molecule has 0 aromatic carbocycles. The highest BCUT2D eigenvalue weighted by Gasteiger charge is 2.72. The van der Waals surface area contributed by atoms with Crippen molar-refractivity contribution in [1.82, 2.24) is 0 Å². The van der Waals surface area contributed by atoms with Crippen molar-refractivity contribution < 1.29 is 49.6 Å². The molecule has 1 aliphatic heterocycles. The van der Waals surface area contributed by atoms with Gasteiger partial charge in [-0.1, -0.05) is 19.1 Å². The summed E-state index contributed by atoms with van der Waals surface area (Å²) in [5.74, 6) is -1.24. The lowest BCUT2D eigenvalue weighted by molar-refractivity contribution is -0.357. The first-order valence-corrected chi connectivity index (χ1v) is 14.3. The number of hydrogen-bond donors (Lipinski definition) is 7. The van der Waals surface area contributed by atoms with Crippen molar-refractivity contribution in [3.63, 3.8) is 0 Å². The smallest absolute Gasteiger partial charge is 0.335 e. The number of rotatable bonds is 4. The standard InChI is InChI=1S/C29H40O11/c1-26-10-6-16-17(29(26,37)12-18(31)21(26)15-4-5-20(32)38-14-15)7-11-27(8-2-3-9-28(16,27)36)40-25-24(35)23(34)22(33)19(13-30)39-25/h2,4-5,8,14,16-19,21-25,30-31,33-37H,3,6-7,9-13H2,1H3/t16-,17+,18+,19-,21+,22-,23+,24-,25+,26-,27-,28+,29+/m1/s1. The van der Waals surface area contributed by atoms with Crippen molar-refractivity contribution in [2.24, 2.45) is 17.3 Å². The first-order chi connectivity index (χ1) is 18.9. The van der Waals surface area contributed by atoms with Crippen molar-refractivity contribution in [1.29, 1.82) is 0 Å². The monoisotopic (exact) mass is 564 g/mol. The van der Waals surface area contributed by atoms with Gasteiger partial charge in [-0.3, -0.25) is 0 Å². The van der Waals surface area contributed by atoms with Crippen molar-refractivity contribution in [2.45, 2.75) is 111 Å². The molecule has 2 heterocycles.